The number of hydrogen-bond acceptors (Lipinski definition) is 8. The first-order chi connectivity index (χ1) is 20.9. The zero-order valence-corrected chi connectivity index (χ0v) is 24.8. The number of nitrogens with zero attached hydrogens (tertiary/aromatic N) is 3. The number of para-hydroxylation sites is 2. The summed E-state index contributed by atoms with van der Waals surface area (Å²) < 4.78 is 142. The molecule has 0 bridgehead atoms. The van der Waals surface area contributed by atoms with Crippen LogP contribution in [-0.2, 0) is 35.7 Å². The minimum Gasteiger partial charge on any atom is -0.497 e. The van der Waals surface area contributed by atoms with Crippen LogP contribution in [0.2, 0.25) is 5.02 Å². The minimum atomic E-state index is -6.54. The average Bonchev–Trinajstić information content (AvgIpc) is 3.34. The molecule has 1 aromatic heterocycles. The molecular formula is C26H18ClF6N3O7S2. The lowest BCUT2D eigenvalue weighted by Gasteiger charge is -2.38. The van der Waals surface area contributed by atoms with E-state index in [1.54, 1.807) is 0 Å². The summed E-state index contributed by atoms with van der Waals surface area (Å²) in [5.41, 5.74) is -13.4. The number of rotatable bonds is 7. The number of carbonyl (C=O) groups is 1. The second-order valence-corrected chi connectivity index (χ2v) is 13.3. The Hall–Kier alpha value is -3.87. The van der Waals surface area contributed by atoms with Gasteiger partial charge in [-0.05, 0) is 48.0 Å². The molecule has 0 saturated heterocycles. The van der Waals surface area contributed by atoms with Crippen LogP contribution in [0, 0.1) is 0 Å². The van der Waals surface area contributed by atoms with Crippen molar-refractivity contribution in [1.29, 1.82) is 0 Å². The highest BCUT2D eigenvalue weighted by molar-refractivity contribution is 7.91. The van der Waals surface area contributed by atoms with Gasteiger partial charge >= 0.3 is 31.2 Å². The van der Waals surface area contributed by atoms with Gasteiger partial charge in [-0.3, -0.25) is 8.98 Å². The highest BCUT2D eigenvalue weighted by atomic mass is 35.5. The van der Waals surface area contributed by atoms with E-state index < -0.39 is 71.5 Å². The van der Waals surface area contributed by atoms with Gasteiger partial charge < -0.3 is 9.64 Å². The van der Waals surface area contributed by atoms with E-state index in [1.165, 1.54) is 49.6 Å². The monoisotopic (exact) mass is 697 g/mol. The van der Waals surface area contributed by atoms with Crippen LogP contribution in [0.3, 0.4) is 0 Å². The molecule has 3 aromatic carbocycles. The fraction of sp³-hybridized carbons (Fsp3) is 0.231. The van der Waals surface area contributed by atoms with Crippen molar-refractivity contribution in [1.82, 2.24) is 8.96 Å². The fourth-order valence-corrected chi connectivity index (χ4v) is 6.59. The molecule has 0 saturated carbocycles. The average molecular weight is 698 g/mol. The summed E-state index contributed by atoms with van der Waals surface area (Å²) in [5.74, 6) is -4.63. The quantitative estimate of drug-likeness (QED) is 0.138. The highest BCUT2D eigenvalue weighted by Gasteiger charge is 2.56. The van der Waals surface area contributed by atoms with Gasteiger partial charge in [-0.25, -0.2) is 8.96 Å². The first kappa shape index (κ1) is 32.5. The third-order valence-electron chi connectivity index (χ3n) is 6.79. The maximum Gasteiger partial charge on any atom is 0.523 e. The number of ether oxygens (including phenoxy) is 1. The zero-order valence-electron chi connectivity index (χ0n) is 22.4. The lowest BCUT2D eigenvalue weighted by molar-refractivity contribution is -0.123. The van der Waals surface area contributed by atoms with Gasteiger partial charge in [-0.1, -0.05) is 35.9 Å². The number of alkyl halides is 6. The standard InChI is InChI=1S/C26H18ClF6N3O7S2/c1-42-16-9-6-14(7-10-16)13-35-19-11-8-15(27)12-17(19)22(43-45(40,41)26(31,32)33)21(24(35)37)23-34-18-4-2-3-5-20(18)36(23)44(38,39)25(28,29)30/h2-12,21-22H,13H2,1H3. The van der Waals surface area contributed by atoms with E-state index in [-0.39, 0.29) is 21.2 Å². The molecule has 1 aliphatic rings. The highest BCUT2D eigenvalue weighted by Crippen LogP contribution is 2.49. The maximum atomic E-state index is 14.2. The van der Waals surface area contributed by atoms with Crippen molar-refractivity contribution >= 4 is 54.4 Å². The Kier molecular flexibility index (Phi) is 8.08. The maximum absolute atomic E-state index is 14.2. The van der Waals surface area contributed by atoms with Gasteiger partial charge in [0.25, 0.3) is 0 Å². The third-order valence-corrected chi connectivity index (χ3v) is 9.50. The Labute approximate surface area is 255 Å². The Balaban J connectivity index is 1.82. The Morgan fingerprint density at radius 3 is 2.16 bits per heavy atom. The van der Waals surface area contributed by atoms with Crippen LogP contribution in [0.15, 0.2) is 66.7 Å². The summed E-state index contributed by atoms with van der Waals surface area (Å²) in [5, 5.41) is -0.180. The molecule has 0 radical (unpaired) electrons. The molecule has 4 aromatic rings. The largest absolute Gasteiger partial charge is 0.523 e. The minimum absolute atomic E-state index is 0.180. The SMILES string of the molecule is COc1ccc(CN2C(=O)C(c3nc4ccccc4n3S(=O)(=O)C(F)(F)F)C(OS(=O)(=O)C(F)(F)F)c3cc(Cl)ccc32)cc1. The van der Waals surface area contributed by atoms with E-state index in [0.29, 0.717) is 11.3 Å². The molecule has 2 heterocycles. The van der Waals surface area contributed by atoms with Crippen molar-refractivity contribution in [2.45, 2.75) is 29.6 Å². The molecule has 2 atom stereocenters. The Bertz CT molecular complexity index is 2020. The van der Waals surface area contributed by atoms with Gasteiger partial charge in [-0.2, -0.15) is 43.2 Å². The van der Waals surface area contributed by atoms with E-state index in [4.69, 9.17) is 16.3 Å². The summed E-state index contributed by atoms with van der Waals surface area (Å²) in [7, 11) is -11.6. The van der Waals surface area contributed by atoms with E-state index in [0.717, 1.165) is 29.2 Å². The van der Waals surface area contributed by atoms with Gasteiger partial charge in [0.2, 0.25) is 5.91 Å². The fourth-order valence-electron chi connectivity index (χ4n) is 4.79. The predicted molar refractivity (Wildman–Crippen MR) is 147 cm³/mol. The van der Waals surface area contributed by atoms with Crippen LogP contribution in [0.5, 0.6) is 5.75 Å². The molecule has 2 unspecified atom stereocenters. The molecule has 0 aliphatic carbocycles. The predicted octanol–water partition coefficient (Wildman–Crippen LogP) is 5.63. The topological polar surface area (TPSA) is 125 Å². The Morgan fingerprint density at radius 2 is 1.56 bits per heavy atom. The van der Waals surface area contributed by atoms with Crippen LogP contribution in [-0.4, -0.2) is 49.8 Å². The number of aromatic nitrogens is 2. The number of methoxy groups -OCH3 is 1. The first-order valence-electron chi connectivity index (χ1n) is 12.4. The number of fused-ring (bicyclic) bond motifs is 2. The summed E-state index contributed by atoms with van der Waals surface area (Å²) in [6, 6.07) is 13.9. The molecule has 0 spiro atoms. The van der Waals surface area contributed by atoms with Crippen LogP contribution < -0.4 is 9.64 Å². The van der Waals surface area contributed by atoms with Crippen molar-refractivity contribution < 1.29 is 56.9 Å². The van der Waals surface area contributed by atoms with Crippen molar-refractivity contribution in [3.63, 3.8) is 0 Å². The molecule has 45 heavy (non-hydrogen) atoms. The van der Waals surface area contributed by atoms with Gasteiger partial charge in [-0.15, -0.1) is 0 Å². The van der Waals surface area contributed by atoms with Crippen molar-refractivity contribution in [3.8, 4) is 5.75 Å². The molecule has 1 amide bonds. The number of halogens is 7. The molecule has 0 fully saturated rings. The number of imidazole rings is 1. The summed E-state index contributed by atoms with van der Waals surface area (Å²) in [4.78, 5) is 19.1. The second-order valence-electron chi connectivity index (χ2n) is 9.54. The van der Waals surface area contributed by atoms with Crippen LogP contribution in [0.4, 0.5) is 32.0 Å². The summed E-state index contributed by atoms with van der Waals surface area (Å²) in [6.45, 7) is -0.362. The molecule has 19 heteroatoms. The number of anilines is 1. The van der Waals surface area contributed by atoms with E-state index in [1.807, 2.05) is 0 Å². The van der Waals surface area contributed by atoms with Gasteiger partial charge in [0.1, 0.15) is 23.6 Å². The summed E-state index contributed by atoms with van der Waals surface area (Å²) in [6.07, 6.45) is -2.57. The van der Waals surface area contributed by atoms with Crippen molar-refractivity contribution in [2.75, 3.05) is 12.0 Å². The molecule has 1 aliphatic heterocycles. The smallest absolute Gasteiger partial charge is 0.497 e. The lowest BCUT2D eigenvalue weighted by Crippen LogP contribution is -2.45. The van der Waals surface area contributed by atoms with Crippen LogP contribution >= 0.6 is 11.6 Å². The van der Waals surface area contributed by atoms with E-state index in [9.17, 15) is 48.0 Å². The molecule has 10 nitrogen and oxygen atoms in total. The third kappa shape index (κ3) is 5.70. The second kappa shape index (κ2) is 11.2. The normalized spacial score (nSPS) is 17.9. The van der Waals surface area contributed by atoms with Crippen molar-refractivity contribution in [3.05, 3.63) is 88.7 Å². The summed E-state index contributed by atoms with van der Waals surface area (Å²) >= 11 is 6.09. The zero-order chi connectivity index (χ0) is 33.1. The molecule has 240 valence electrons. The van der Waals surface area contributed by atoms with Gasteiger partial charge in [0.15, 0.2) is 0 Å². The van der Waals surface area contributed by atoms with Crippen molar-refractivity contribution in [2.24, 2.45) is 0 Å². The van der Waals surface area contributed by atoms with E-state index in [2.05, 4.69) is 9.17 Å². The van der Waals surface area contributed by atoms with E-state index >= 15 is 0 Å². The Morgan fingerprint density at radius 1 is 0.911 bits per heavy atom. The van der Waals surface area contributed by atoms with Crippen LogP contribution in [0.1, 0.15) is 29.0 Å². The first-order valence-corrected chi connectivity index (χ1v) is 15.6. The number of hydrogen-bond donors (Lipinski definition) is 0. The number of carbonyl (C=O) groups excluding carboxylic acids is 1. The molecule has 0 N–H and O–H groups in total. The van der Waals surface area contributed by atoms with Crippen LogP contribution in [0.25, 0.3) is 11.0 Å². The molecular weight excluding hydrogens is 680 g/mol. The van der Waals surface area contributed by atoms with Gasteiger partial charge in [0.05, 0.1) is 30.4 Å². The molecule has 5 rings (SSSR count). The van der Waals surface area contributed by atoms with Gasteiger partial charge in [0, 0.05) is 10.6 Å². The number of benzene rings is 3. The lowest BCUT2D eigenvalue weighted by atomic mass is 9.87. The number of amides is 1.